The Hall–Kier alpha value is -3.21. The summed E-state index contributed by atoms with van der Waals surface area (Å²) in [5.74, 6) is 0.608. The molecule has 38 heavy (non-hydrogen) atoms. The molecule has 202 valence electrons. The van der Waals surface area contributed by atoms with Crippen molar-refractivity contribution in [2.75, 3.05) is 37.3 Å². The highest BCUT2D eigenvalue weighted by atomic mass is 32.3. The number of fused-ring (bicyclic) bond motifs is 2. The minimum atomic E-state index is -4.38. The zero-order valence-corrected chi connectivity index (χ0v) is 24.0. The van der Waals surface area contributed by atoms with E-state index in [2.05, 4.69) is 37.2 Å². The molecule has 0 saturated carbocycles. The first-order chi connectivity index (χ1) is 18.0. The van der Waals surface area contributed by atoms with Gasteiger partial charge in [0.2, 0.25) is 15.4 Å². The van der Waals surface area contributed by atoms with Crippen molar-refractivity contribution >= 4 is 36.7 Å². The fraction of sp³-hybridized carbons (Fsp3) is 0.321. The molecule has 2 aromatic rings. The van der Waals surface area contributed by atoms with Gasteiger partial charge in [0.05, 0.1) is 17.2 Å². The first kappa shape index (κ1) is 27.8. The van der Waals surface area contributed by atoms with E-state index in [1.54, 1.807) is 22.3 Å². The third-order valence-electron chi connectivity index (χ3n) is 6.65. The summed E-state index contributed by atoms with van der Waals surface area (Å²) in [4.78, 5) is 2.08. The fourth-order valence-electron chi connectivity index (χ4n) is 4.88. The van der Waals surface area contributed by atoms with E-state index in [0.29, 0.717) is 22.5 Å². The van der Waals surface area contributed by atoms with Crippen LogP contribution in [-0.2, 0) is 20.0 Å². The highest BCUT2D eigenvalue weighted by Gasteiger charge is 2.27. The Morgan fingerprint density at radius 3 is 2.16 bits per heavy atom. The smallest absolute Gasteiger partial charge is 0.254 e. The van der Waals surface area contributed by atoms with Gasteiger partial charge in [-0.1, -0.05) is 18.2 Å². The summed E-state index contributed by atoms with van der Waals surface area (Å²) in [5, 5.41) is 1.72. The van der Waals surface area contributed by atoms with E-state index in [0.717, 1.165) is 54.4 Å². The summed E-state index contributed by atoms with van der Waals surface area (Å²) in [6.45, 7) is 11.6. The Kier molecular flexibility index (Phi) is 7.96. The topological polar surface area (TPSA) is 99.7 Å². The predicted molar refractivity (Wildman–Crippen MR) is 153 cm³/mol. The quantitative estimate of drug-likeness (QED) is 0.246. The van der Waals surface area contributed by atoms with Crippen LogP contribution in [0.15, 0.2) is 70.0 Å². The Labute approximate surface area is 224 Å². The van der Waals surface area contributed by atoms with E-state index in [9.17, 15) is 16.8 Å². The molecule has 1 aliphatic carbocycles. The highest BCUT2D eigenvalue weighted by Crippen LogP contribution is 2.42. The van der Waals surface area contributed by atoms with Crippen molar-refractivity contribution in [2.24, 2.45) is 0 Å². The summed E-state index contributed by atoms with van der Waals surface area (Å²) in [7, 11) is -8.40. The van der Waals surface area contributed by atoms with Gasteiger partial charge in [0.15, 0.2) is 0 Å². The molecule has 2 aliphatic rings. The van der Waals surface area contributed by atoms with Crippen LogP contribution in [0.1, 0.15) is 27.7 Å². The average Bonchev–Trinajstić information content (AvgIpc) is 2.87. The molecule has 2 aromatic carbocycles. The SMILES string of the molecule is CCN(CC)c1ccc2c(-c3ccccc3S(=O)(=O)NS(C)(=O)=O)c3ccc(=[N+](CC)CC)cc-3oc2c1. The number of rotatable bonds is 9. The molecule has 1 heterocycles. The molecule has 0 amide bonds. The standard InChI is InChI=1S/C28H34N3O5S2/c1-6-30(7-2)20-14-16-22-25(18-20)36-26-19-21(31(8-3)9-4)15-17-23(26)28(22)24-12-10-11-13-27(24)38(34,35)29-37(5,32)33/h10-19,29H,6-9H2,1-5H3/q+1. The summed E-state index contributed by atoms with van der Waals surface area (Å²) in [5.41, 5.74) is 3.38. The van der Waals surface area contributed by atoms with Crippen molar-refractivity contribution in [3.63, 3.8) is 0 Å². The molecular formula is C28H34N3O5S2+. The maximum atomic E-state index is 13.2. The van der Waals surface area contributed by atoms with Crippen molar-refractivity contribution in [1.29, 1.82) is 0 Å². The summed E-state index contributed by atoms with van der Waals surface area (Å²) >= 11 is 0. The Morgan fingerprint density at radius 2 is 1.53 bits per heavy atom. The van der Waals surface area contributed by atoms with Crippen LogP contribution in [0.2, 0.25) is 0 Å². The number of hydrogen-bond donors (Lipinski definition) is 1. The molecule has 0 atom stereocenters. The molecule has 4 rings (SSSR count). The van der Waals surface area contributed by atoms with Crippen LogP contribution in [0, 0.1) is 0 Å². The zero-order chi connectivity index (χ0) is 27.7. The number of sulfonamides is 2. The van der Waals surface area contributed by atoms with Crippen molar-refractivity contribution in [3.05, 3.63) is 66.0 Å². The second kappa shape index (κ2) is 10.9. The lowest BCUT2D eigenvalue weighted by Gasteiger charge is -2.22. The number of nitrogens with zero attached hydrogens (tertiary/aromatic N) is 2. The number of nitrogens with one attached hydrogen (secondary N) is 1. The van der Waals surface area contributed by atoms with Gasteiger partial charge in [-0.15, -0.1) is 4.13 Å². The van der Waals surface area contributed by atoms with Crippen LogP contribution in [0.5, 0.6) is 0 Å². The third-order valence-corrected chi connectivity index (χ3v) is 9.68. The van der Waals surface area contributed by atoms with Crippen molar-refractivity contribution in [3.8, 4) is 22.5 Å². The minimum Gasteiger partial charge on any atom is -0.456 e. The van der Waals surface area contributed by atoms with Gasteiger partial charge in [-0.25, -0.2) is 21.4 Å². The molecule has 0 bridgehead atoms. The molecule has 0 unspecified atom stereocenters. The first-order valence-electron chi connectivity index (χ1n) is 12.7. The molecule has 10 heteroatoms. The van der Waals surface area contributed by atoms with E-state index in [-0.39, 0.29) is 4.90 Å². The largest absolute Gasteiger partial charge is 0.456 e. The van der Waals surface area contributed by atoms with Crippen molar-refractivity contribution < 1.29 is 21.3 Å². The lowest BCUT2D eigenvalue weighted by Crippen LogP contribution is -2.30. The number of anilines is 1. The van der Waals surface area contributed by atoms with Crippen molar-refractivity contribution in [2.45, 2.75) is 32.6 Å². The Morgan fingerprint density at radius 1 is 0.842 bits per heavy atom. The molecule has 1 N–H and O–H groups in total. The molecule has 0 fully saturated rings. The molecular weight excluding hydrogens is 522 g/mol. The summed E-state index contributed by atoms with van der Waals surface area (Å²) in [6, 6.07) is 18.2. The number of benzene rings is 3. The van der Waals surface area contributed by atoms with E-state index in [4.69, 9.17) is 4.42 Å². The van der Waals surface area contributed by atoms with Gasteiger partial charge in [0.25, 0.3) is 10.0 Å². The zero-order valence-electron chi connectivity index (χ0n) is 22.4. The summed E-state index contributed by atoms with van der Waals surface area (Å²) < 4.78 is 60.7. The lowest BCUT2D eigenvalue weighted by molar-refractivity contribution is 0.580. The predicted octanol–water partition coefficient (Wildman–Crippen LogP) is 4.10. The van der Waals surface area contributed by atoms with E-state index < -0.39 is 20.0 Å². The molecule has 8 nitrogen and oxygen atoms in total. The van der Waals surface area contributed by atoms with E-state index >= 15 is 0 Å². The van der Waals surface area contributed by atoms with Crippen LogP contribution in [0.25, 0.3) is 33.4 Å². The highest BCUT2D eigenvalue weighted by molar-refractivity contribution is 8.04. The van der Waals surface area contributed by atoms with Gasteiger partial charge in [-0.2, -0.15) is 0 Å². The van der Waals surface area contributed by atoms with Gasteiger partial charge in [-0.3, -0.25) is 0 Å². The third kappa shape index (κ3) is 5.48. The van der Waals surface area contributed by atoms with E-state index in [1.165, 1.54) is 6.07 Å². The number of hydrogen-bond acceptors (Lipinski definition) is 6. The molecule has 1 aliphatic heterocycles. The van der Waals surface area contributed by atoms with E-state index in [1.807, 2.05) is 36.4 Å². The minimum absolute atomic E-state index is 0.125. The van der Waals surface area contributed by atoms with Crippen molar-refractivity contribution in [1.82, 2.24) is 8.70 Å². The Balaban J connectivity index is 2.14. The second-order valence-electron chi connectivity index (χ2n) is 9.04. The van der Waals surface area contributed by atoms with Gasteiger partial charge >= 0.3 is 0 Å². The maximum absolute atomic E-state index is 13.2. The van der Waals surface area contributed by atoms with Crippen LogP contribution in [0.3, 0.4) is 0 Å². The maximum Gasteiger partial charge on any atom is 0.254 e. The van der Waals surface area contributed by atoms with Gasteiger partial charge < -0.3 is 9.32 Å². The molecule has 0 radical (unpaired) electrons. The lowest BCUT2D eigenvalue weighted by atomic mass is 9.93. The average molecular weight is 557 g/mol. The van der Waals surface area contributed by atoms with Crippen LogP contribution < -0.4 is 19.0 Å². The molecule has 0 aromatic heterocycles. The summed E-state index contributed by atoms with van der Waals surface area (Å²) in [6.07, 6.45) is 0.822. The van der Waals surface area contributed by atoms with Gasteiger partial charge in [0, 0.05) is 53.0 Å². The first-order valence-corrected chi connectivity index (χ1v) is 16.1. The second-order valence-corrected chi connectivity index (χ2v) is 12.7. The van der Waals surface area contributed by atoms with Gasteiger partial charge in [-0.05, 0) is 52.0 Å². The Bertz CT molecular complexity index is 1730. The van der Waals surface area contributed by atoms with Gasteiger partial charge in [0.1, 0.15) is 24.4 Å². The van der Waals surface area contributed by atoms with Crippen LogP contribution in [0.4, 0.5) is 5.69 Å². The monoisotopic (exact) mass is 556 g/mol. The fourth-order valence-corrected chi connectivity index (χ4v) is 7.55. The normalized spacial score (nSPS) is 12.2. The molecule has 0 spiro atoms. The van der Waals surface area contributed by atoms with Crippen LogP contribution in [-0.4, -0.2) is 49.3 Å². The van der Waals surface area contributed by atoms with Crippen LogP contribution >= 0.6 is 0 Å². The molecule has 0 saturated heterocycles.